The fourth-order valence-corrected chi connectivity index (χ4v) is 1.77. The highest BCUT2D eigenvalue weighted by Gasteiger charge is 2.17. The Morgan fingerprint density at radius 3 is 2.82 bits per heavy atom. The van der Waals surface area contributed by atoms with Gasteiger partial charge in [-0.1, -0.05) is 0 Å². The van der Waals surface area contributed by atoms with Crippen LogP contribution in [0.1, 0.15) is 19.4 Å². The van der Waals surface area contributed by atoms with Gasteiger partial charge in [0.15, 0.2) is 6.10 Å². The summed E-state index contributed by atoms with van der Waals surface area (Å²) >= 11 is 0. The lowest BCUT2D eigenvalue weighted by atomic mass is 10.2. The highest BCUT2D eigenvalue weighted by molar-refractivity contribution is 5.74. The van der Waals surface area contributed by atoms with E-state index in [1.807, 2.05) is 6.92 Å². The van der Waals surface area contributed by atoms with E-state index in [9.17, 15) is 14.7 Å². The monoisotopic (exact) mass is 313 g/mol. The fourth-order valence-electron chi connectivity index (χ4n) is 1.77. The molecule has 0 amide bonds. The molecule has 2 N–H and O–H groups in total. The highest BCUT2D eigenvalue weighted by Crippen LogP contribution is 2.09. The molecule has 0 radical (unpaired) electrons. The van der Waals surface area contributed by atoms with Crippen molar-refractivity contribution >= 4 is 11.7 Å². The second-order valence-electron chi connectivity index (χ2n) is 4.96. The van der Waals surface area contributed by atoms with Crippen LogP contribution in [-0.2, 0) is 21.3 Å². The molecule has 1 rings (SSSR count). The smallest absolute Gasteiger partial charge is 0.337 e. The van der Waals surface area contributed by atoms with E-state index in [0.29, 0.717) is 11.3 Å². The number of aliphatic hydroxyl groups excluding tert-OH is 1. The Hall–Kier alpha value is -1.93. The molecular formula is C14H23N3O5. The summed E-state index contributed by atoms with van der Waals surface area (Å²) in [6, 6.07) is -0.123. The molecule has 1 heterocycles. The lowest BCUT2D eigenvalue weighted by Gasteiger charge is -2.17. The van der Waals surface area contributed by atoms with Crippen molar-refractivity contribution in [3.63, 3.8) is 0 Å². The predicted molar refractivity (Wildman–Crippen MR) is 80.8 cm³/mol. The third-order valence-electron chi connectivity index (χ3n) is 2.98. The summed E-state index contributed by atoms with van der Waals surface area (Å²) in [5.74, 6) is -0.699. The highest BCUT2D eigenvalue weighted by atomic mass is 16.6. The Morgan fingerprint density at radius 1 is 1.50 bits per heavy atom. The average Bonchev–Trinajstić information content (AvgIpc) is 2.48. The number of rotatable bonds is 8. The first-order valence-corrected chi connectivity index (χ1v) is 7.08. The van der Waals surface area contributed by atoms with E-state index in [1.54, 1.807) is 27.1 Å². The van der Waals surface area contributed by atoms with Gasteiger partial charge in [0.2, 0.25) is 0 Å². The number of anilines is 1. The Labute approximate surface area is 129 Å². The minimum absolute atomic E-state index is 0.123. The standard InChI is InChI=1S/C14H23N3O5/c1-5-22-14(20)12(18)8-21-7-9(2)16-11-6-15-17(4)13(19)10(11)3/h6,9,12,16,18H,5,7-8H2,1-4H3/t9-,12+/m0/s1. The number of hydrogen-bond acceptors (Lipinski definition) is 7. The van der Waals surface area contributed by atoms with E-state index in [-0.39, 0.29) is 31.4 Å². The SMILES string of the molecule is CCOC(=O)[C@H](O)COC[C@H](C)Nc1cnn(C)c(=O)c1C. The summed E-state index contributed by atoms with van der Waals surface area (Å²) in [4.78, 5) is 23.0. The molecule has 0 aliphatic rings. The molecule has 124 valence electrons. The maximum absolute atomic E-state index is 11.8. The van der Waals surface area contributed by atoms with Crippen LogP contribution >= 0.6 is 0 Å². The summed E-state index contributed by atoms with van der Waals surface area (Å²) < 4.78 is 11.2. The molecule has 0 aliphatic carbocycles. The molecule has 0 saturated carbocycles. The van der Waals surface area contributed by atoms with Crippen LogP contribution in [-0.4, -0.2) is 52.8 Å². The molecule has 0 unspecified atom stereocenters. The molecule has 0 bridgehead atoms. The van der Waals surface area contributed by atoms with Crippen molar-refractivity contribution in [2.45, 2.75) is 32.9 Å². The van der Waals surface area contributed by atoms with Gasteiger partial charge in [0.05, 0.1) is 31.7 Å². The molecule has 2 atom stereocenters. The molecular weight excluding hydrogens is 290 g/mol. The maximum Gasteiger partial charge on any atom is 0.337 e. The third kappa shape index (κ3) is 5.12. The quantitative estimate of drug-likeness (QED) is 0.642. The number of aromatic nitrogens is 2. The molecule has 0 saturated heterocycles. The number of aliphatic hydroxyl groups is 1. The number of esters is 1. The van der Waals surface area contributed by atoms with Crippen molar-refractivity contribution in [2.24, 2.45) is 7.05 Å². The minimum Gasteiger partial charge on any atom is -0.464 e. The molecule has 0 spiro atoms. The Kier molecular flexibility index (Phi) is 7.00. The van der Waals surface area contributed by atoms with Crippen LogP contribution in [0.5, 0.6) is 0 Å². The second kappa shape index (κ2) is 8.50. The number of hydrogen-bond donors (Lipinski definition) is 2. The largest absolute Gasteiger partial charge is 0.464 e. The lowest BCUT2D eigenvalue weighted by Crippen LogP contribution is -2.31. The summed E-state index contributed by atoms with van der Waals surface area (Å²) in [5.41, 5.74) is 1.02. The predicted octanol–water partition coefficient (Wildman–Crippen LogP) is -0.170. The fraction of sp³-hybridized carbons (Fsp3) is 0.643. The van der Waals surface area contributed by atoms with Gasteiger partial charge in [0.1, 0.15) is 0 Å². The maximum atomic E-state index is 11.8. The van der Waals surface area contributed by atoms with Crippen LogP contribution in [0.15, 0.2) is 11.0 Å². The van der Waals surface area contributed by atoms with Gasteiger partial charge in [-0.25, -0.2) is 9.48 Å². The van der Waals surface area contributed by atoms with E-state index in [0.717, 1.165) is 0 Å². The summed E-state index contributed by atoms with van der Waals surface area (Å²) in [6.07, 6.45) is 0.278. The number of nitrogens with one attached hydrogen (secondary N) is 1. The lowest BCUT2D eigenvalue weighted by molar-refractivity contribution is -0.156. The molecule has 0 fully saturated rings. The van der Waals surface area contributed by atoms with E-state index in [1.165, 1.54) is 4.68 Å². The average molecular weight is 313 g/mol. The molecule has 22 heavy (non-hydrogen) atoms. The van der Waals surface area contributed by atoms with Gasteiger partial charge in [-0.3, -0.25) is 4.79 Å². The first-order valence-electron chi connectivity index (χ1n) is 7.08. The molecule has 0 aliphatic heterocycles. The number of aryl methyl sites for hydroxylation is 1. The topological polar surface area (TPSA) is 103 Å². The van der Waals surface area contributed by atoms with Crippen LogP contribution in [0, 0.1) is 6.92 Å². The van der Waals surface area contributed by atoms with Gasteiger partial charge in [-0.2, -0.15) is 5.10 Å². The van der Waals surface area contributed by atoms with Crippen LogP contribution < -0.4 is 10.9 Å². The molecule has 8 heteroatoms. The Balaban J connectivity index is 2.44. The van der Waals surface area contributed by atoms with Crippen molar-refractivity contribution in [1.82, 2.24) is 9.78 Å². The van der Waals surface area contributed by atoms with E-state index in [2.05, 4.69) is 15.2 Å². The Bertz CT molecular complexity index is 558. The normalized spacial score (nSPS) is 13.5. The zero-order valence-electron chi connectivity index (χ0n) is 13.3. The van der Waals surface area contributed by atoms with Gasteiger partial charge >= 0.3 is 5.97 Å². The van der Waals surface area contributed by atoms with Gasteiger partial charge in [0, 0.05) is 18.7 Å². The van der Waals surface area contributed by atoms with Crippen LogP contribution in [0.3, 0.4) is 0 Å². The molecule has 1 aromatic heterocycles. The van der Waals surface area contributed by atoms with Crippen molar-refractivity contribution in [2.75, 3.05) is 25.1 Å². The number of carbonyl (C=O) groups is 1. The van der Waals surface area contributed by atoms with Crippen LogP contribution in [0.25, 0.3) is 0 Å². The van der Waals surface area contributed by atoms with Gasteiger partial charge < -0.3 is 19.9 Å². The second-order valence-corrected chi connectivity index (χ2v) is 4.96. The van der Waals surface area contributed by atoms with Crippen molar-refractivity contribution in [1.29, 1.82) is 0 Å². The van der Waals surface area contributed by atoms with Crippen molar-refractivity contribution in [3.8, 4) is 0 Å². The Morgan fingerprint density at radius 2 is 2.18 bits per heavy atom. The van der Waals surface area contributed by atoms with Crippen molar-refractivity contribution < 1.29 is 19.4 Å². The first kappa shape index (κ1) is 18.1. The van der Waals surface area contributed by atoms with Crippen LogP contribution in [0.2, 0.25) is 0 Å². The third-order valence-corrected chi connectivity index (χ3v) is 2.98. The van der Waals surface area contributed by atoms with E-state index in [4.69, 9.17) is 4.74 Å². The van der Waals surface area contributed by atoms with E-state index >= 15 is 0 Å². The molecule has 0 aromatic carbocycles. The number of nitrogens with zero attached hydrogens (tertiary/aromatic N) is 2. The minimum atomic E-state index is -1.29. The summed E-state index contributed by atoms with van der Waals surface area (Å²) in [7, 11) is 1.59. The number of carbonyl (C=O) groups excluding carboxylic acids is 1. The summed E-state index contributed by atoms with van der Waals surface area (Å²) in [6.45, 7) is 5.56. The number of ether oxygens (including phenoxy) is 2. The summed E-state index contributed by atoms with van der Waals surface area (Å²) in [5, 5.41) is 16.5. The molecule has 8 nitrogen and oxygen atoms in total. The van der Waals surface area contributed by atoms with Gasteiger partial charge in [-0.15, -0.1) is 0 Å². The van der Waals surface area contributed by atoms with E-state index < -0.39 is 12.1 Å². The first-order chi connectivity index (χ1) is 10.4. The van der Waals surface area contributed by atoms with Crippen molar-refractivity contribution in [3.05, 3.63) is 22.1 Å². The van der Waals surface area contributed by atoms with Crippen LogP contribution in [0.4, 0.5) is 5.69 Å². The van der Waals surface area contributed by atoms with Gasteiger partial charge in [-0.05, 0) is 20.8 Å². The van der Waals surface area contributed by atoms with Gasteiger partial charge in [0.25, 0.3) is 5.56 Å². The molecule has 1 aromatic rings. The zero-order valence-corrected chi connectivity index (χ0v) is 13.3. The zero-order chi connectivity index (χ0) is 16.7.